The number of rotatable bonds is 23. The normalized spacial score (nSPS) is 10.8. The monoisotopic (exact) mass is 684 g/mol. The van der Waals surface area contributed by atoms with E-state index in [-0.39, 0.29) is 12.8 Å². The Morgan fingerprint density at radius 2 is 0.820 bits per heavy atom. The maximum Gasteiger partial charge on any atom is 0.303 e. The number of carbonyl (C=O) groups is 2. The lowest BCUT2D eigenvalue weighted by Gasteiger charge is -2.16. The van der Waals surface area contributed by atoms with Crippen molar-refractivity contribution in [2.24, 2.45) is 0 Å². The highest BCUT2D eigenvalue weighted by Gasteiger charge is 2.14. The fraction of sp³-hybridized carbons (Fsp3) is 0.350. The maximum atomic E-state index is 10.8. The van der Waals surface area contributed by atoms with Gasteiger partial charge >= 0.3 is 11.9 Å². The first-order valence-corrected chi connectivity index (χ1v) is 17.3. The van der Waals surface area contributed by atoms with Gasteiger partial charge in [0, 0.05) is 24.2 Å². The quantitative estimate of drug-likeness (QED) is 0.0437. The van der Waals surface area contributed by atoms with Gasteiger partial charge in [0.05, 0.1) is 13.2 Å². The molecule has 6 N–H and O–H groups in total. The minimum absolute atomic E-state index is 0.201. The molecule has 0 aliphatic rings. The van der Waals surface area contributed by atoms with E-state index in [1.165, 1.54) is 0 Å². The number of anilines is 2. The van der Waals surface area contributed by atoms with Gasteiger partial charge < -0.3 is 40.6 Å². The summed E-state index contributed by atoms with van der Waals surface area (Å²) in [5.41, 5.74) is 14.8. The summed E-state index contributed by atoms with van der Waals surface area (Å²) in [7, 11) is 0. The predicted octanol–water partition coefficient (Wildman–Crippen LogP) is 9.71. The van der Waals surface area contributed by atoms with Crippen LogP contribution < -0.4 is 30.4 Å². The molecule has 10 heteroatoms. The fourth-order valence-corrected chi connectivity index (χ4v) is 5.28. The lowest BCUT2D eigenvalue weighted by molar-refractivity contribution is -0.138. The summed E-state index contributed by atoms with van der Waals surface area (Å²) in [5.74, 6) is 2.09. The molecule has 266 valence electrons. The van der Waals surface area contributed by atoms with E-state index >= 15 is 0 Å². The minimum Gasteiger partial charge on any atom is -0.490 e. The molecule has 0 radical (unpaired) electrons. The summed E-state index contributed by atoms with van der Waals surface area (Å²) in [5, 5.41) is 17.7. The number of ether oxygens (including phenoxy) is 4. The van der Waals surface area contributed by atoms with E-state index in [0.29, 0.717) is 71.9 Å². The molecule has 4 aromatic carbocycles. The van der Waals surface area contributed by atoms with Crippen molar-refractivity contribution in [3.63, 3.8) is 0 Å². The van der Waals surface area contributed by atoms with Crippen molar-refractivity contribution in [2.75, 3.05) is 24.7 Å². The van der Waals surface area contributed by atoms with Crippen LogP contribution in [0.1, 0.15) is 77.0 Å². The lowest BCUT2D eigenvalue weighted by Crippen LogP contribution is -2.01. The van der Waals surface area contributed by atoms with Gasteiger partial charge in [-0.2, -0.15) is 0 Å². The van der Waals surface area contributed by atoms with Crippen LogP contribution >= 0.6 is 0 Å². The Bertz CT molecular complexity index is 1520. The zero-order chi connectivity index (χ0) is 35.6. The summed E-state index contributed by atoms with van der Waals surface area (Å²) in [6.45, 7) is 0.971. The van der Waals surface area contributed by atoms with Crippen molar-refractivity contribution in [1.82, 2.24) is 0 Å². The van der Waals surface area contributed by atoms with E-state index in [1.54, 1.807) is 24.3 Å². The summed E-state index contributed by atoms with van der Waals surface area (Å²) < 4.78 is 24.9. The van der Waals surface area contributed by atoms with Gasteiger partial charge in [-0.15, -0.1) is 0 Å². The average molecular weight is 685 g/mol. The molecule has 0 heterocycles. The van der Waals surface area contributed by atoms with Crippen molar-refractivity contribution in [1.29, 1.82) is 0 Å². The van der Waals surface area contributed by atoms with Crippen LogP contribution in [0.25, 0.3) is 11.1 Å². The zero-order valence-corrected chi connectivity index (χ0v) is 28.5. The Kier molecular flexibility index (Phi) is 15.1. The molecule has 0 aromatic heterocycles. The van der Waals surface area contributed by atoms with Crippen molar-refractivity contribution < 1.29 is 38.7 Å². The topological polar surface area (TPSA) is 164 Å². The van der Waals surface area contributed by atoms with Gasteiger partial charge in [0.2, 0.25) is 0 Å². The molecule has 0 spiro atoms. The zero-order valence-electron chi connectivity index (χ0n) is 28.5. The highest BCUT2D eigenvalue weighted by atomic mass is 16.5. The third-order valence-electron chi connectivity index (χ3n) is 8.02. The molecule has 0 amide bonds. The van der Waals surface area contributed by atoms with Gasteiger partial charge in [-0.25, -0.2) is 0 Å². The molecular weight excluding hydrogens is 636 g/mol. The van der Waals surface area contributed by atoms with Crippen LogP contribution in [0.5, 0.6) is 34.5 Å². The third kappa shape index (κ3) is 13.3. The molecule has 0 saturated heterocycles. The molecule has 0 aliphatic carbocycles. The summed E-state index contributed by atoms with van der Waals surface area (Å²) in [4.78, 5) is 21.5. The van der Waals surface area contributed by atoms with Gasteiger partial charge in [0.1, 0.15) is 11.5 Å². The molecule has 0 atom stereocenters. The van der Waals surface area contributed by atoms with E-state index in [1.807, 2.05) is 60.7 Å². The molecule has 4 rings (SSSR count). The summed E-state index contributed by atoms with van der Waals surface area (Å²) in [6, 6.07) is 26.0. The number of unbranched alkanes of at least 4 members (excludes halogenated alkanes) is 8. The number of nitrogens with two attached hydrogens (primary N) is 2. The van der Waals surface area contributed by atoms with Crippen molar-refractivity contribution in [3.05, 3.63) is 84.9 Å². The van der Waals surface area contributed by atoms with Crippen LogP contribution in [0.15, 0.2) is 84.9 Å². The number of nitrogen functional groups attached to an aromatic ring is 2. The van der Waals surface area contributed by atoms with Gasteiger partial charge in [-0.05, 0) is 110 Å². The number of aliphatic carboxylic acids is 2. The number of carboxylic acid groups (broad SMARTS) is 2. The molecule has 0 aliphatic heterocycles. The van der Waals surface area contributed by atoms with Crippen LogP contribution in [0.4, 0.5) is 11.4 Å². The Morgan fingerprint density at radius 3 is 1.20 bits per heavy atom. The Balaban J connectivity index is 1.49. The minimum atomic E-state index is -0.758. The lowest BCUT2D eigenvalue weighted by atomic mass is 10.0. The number of hydrogen-bond acceptors (Lipinski definition) is 8. The Morgan fingerprint density at radius 1 is 0.460 bits per heavy atom. The van der Waals surface area contributed by atoms with Crippen LogP contribution in [0.2, 0.25) is 0 Å². The second-order valence-electron chi connectivity index (χ2n) is 12.2. The highest BCUT2D eigenvalue weighted by Crippen LogP contribution is 2.40. The standard InChI is InChI=1S/C40H48N2O8/c41-31-15-19-33(20-16-31)49-35-23-13-29(27-37(35)47-25-9-5-1-3-7-11-39(43)44)30-14-24-36(50-34-21-17-32(42)18-22-34)38(28-30)48-26-10-6-2-4-8-12-40(45)46/h13-24,27-28H,1-12,25-26,41-42H2,(H,43,44)(H,45,46). The van der Waals surface area contributed by atoms with Crippen molar-refractivity contribution in [3.8, 4) is 45.6 Å². The smallest absolute Gasteiger partial charge is 0.303 e. The molecule has 4 aromatic rings. The van der Waals surface area contributed by atoms with Crippen molar-refractivity contribution in [2.45, 2.75) is 77.0 Å². The van der Waals surface area contributed by atoms with Crippen LogP contribution in [0, 0.1) is 0 Å². The molecule has 50 heavy (non-hydrogen) atoms. The molecule has 0 fully saturated rings. The Hall–Kier alpha value is -5.38. The first kappa shape index (κ1) is 37.4. The number of carboxylic acids is 2. The van der Waals surface area contributed by atoms with Gasteiger partial charge in [0.15, 0.2) is 23.0 Å². The highest BCUT2D eigenvalue weighted by molar-refractivity contribution is 5.70. The van der Waals surface area contributed by atoms with Crippen molar-refractivity contribution >= 4 is 23.3 Å². The molecule has 10 nitrogen and oxygen atoms in total. The third-order valence-corrected chi connectivity index (χ3v) is 8.02. The van der Waals surface area contributed by atoms with E-state index in [4.69, 9.17) is 40.6 Å². The molecule has 0 saturated carbocycles. The number of benzene rings is 4. The number of hydrogen-bond donors (Lipinski definition) is 4. The van der Waals surface area contributed by atoms with Gasteiger partial charge in [-0.3, -0.25) is 9.59 Å². The average Bonchev–Trinajstić information content (AvgIpc) is 3.10. The molecule has 0 bridgehead atoms. The largest absolute Gasteiger partial charge is 0.490 e. The van der Waals surface area contributed by atoms with E-state index in [9.17, 15) is 9.59 Å². The Labute approximate surface area is 293 Å². The van der Waals surface area contributed by atoms with E-state index in [2.05, 4.69) is 0 Å². The second kappa shape index (κ2) is 20.2. The van der Waals surface area contributed by atoms with Gasteiger partial charge in [0.25, 0.3) is 0 Å². The fourth-order valence-electron chi connectivity index (χ4n) is 5.28. The van der Waals surface area contributed by atoms with Gasteiger partial charge in [-0.1, -0.05) is 50.7 Å². The SMILES string of the molecule is Nc1ccc(Oc2ccc(-c3ccc(Oc4ccc(N)cc4)c(OCCCCCCCC(=O)O)c3)cc2OCCCCCCCC(=O)O)cc1. The first-order chi connectivity index (χ1) is 24.3. The summed E-state index contributed by atoms with van der Waals surface area (Å²) in [6.07, 6.45) is 8.94. The maximum absolute atomic E-state index is 10.8. The second-order valence-corrected chi connectivity index (χ2v) is 12.2. The molecule has 0 unspecified atom stereocenters. The van der Waals surface area contributed by atoms with Crippen LogP contribution in [-0.4, -0.2) is 35.4 Å². The first-order valence-electron chi connectivity index (χ1n) is 17.3. The predicted molar refractivity (Wildman–Crippen MR) is 195 cm³/mol. The van der Waals surface area contributed by atoms with E-state index < -0.39 is 11.9 Å². The van der Waals surface area contributed by atoms with E-state index in [0.717, 1.165) is 62.5 Å². The van der Waals surface area contributed by atoms with Crippen LogP contribution in [0.3, 0.4) is 0 Å². The summed E-state index contributed by atoms with van der Waals surface area (Å²) >= 11 is 0. The molecular formula is C40H48N2O8. The van der Waals surface area contributed by atoms with Crippen LogP contribution in [-0.2, 0) is 9.59 Å².